The van der Waals surface area contributed by atoms with Crippen LogP contribution in [0.4, 0.5) is 17.1 Å². The van der Waals surface area contributed by atoms with Gasteiger partial charge in [0.15, 0.2) is 0 Å². The number of carboxylic acid groups (broad SMARTS) is 1. The van der Waals surface area contributed by atoms with Crippen molar-refractivity contribution in [1.29, 1.82) is 5.26 Å². The van der Waals surface area contributed by atoms with Gasteiger partial charge in [0, 0.05) is 17.4 Å². The predicted molar refractivity (Wildman–Crippen MR) is 74.5 cm³/mol. The Kier molecular flexibility index (Phi) is 3.81. The SMILES string of the molecule is N#Cc1cccc(Nc2ccc([N+](=O)[O-])c(C(=O)O)c2)c1. The fourth-order valence-electron chi connectivity index (χ4n) is 1.78. The Balaban J connectivity index is 2.37. The van der Waals surface area contributed by atoms with Crippen LogP contribution in [0.25, 0.3) is 0 Å². The van der Waals surface area contributed by atoms with Crippen molar-refractivity contribution in [3.05, 3.63) is 63.7 Å². The molecule has 0 unspecified atom stereocenters. The Morgan fingerprint density at radius 2 is 1.95 bits per heavy atom. The van der Waals surface area contributed by atoms with Gasteiger partial charge in [-0.25, -0.2) is 4.79 Å². The van der Waals surface area contributed by atoms with Gasteiger partial charge in [-0.1, -0.05) is 6.07 Å². The predicted octanol–water partition coefficient (Wildman–Crippen LogP) is 2.91. The lowest BCUT2D eigenvalue weighted by atomic mass is 10.1. The van der Waals surface area contributed by atoms with E-state index in [4.69, 9.17) is 10.4 Å². The molecule has 2 rings (SSSR count). The number of benzene rings is 2. The quantitative estimate of drug-likeness (QED) is 0.658. The van der Waals surface area contributed by atoms with Gasteiger partial charge in [0.05, 0.1) is 16.6 Å². The Bertz CT molecular complexity index is 765. The summed E-state index contributed by atoms with van der Waals surface area (Å²) in [4.78, 5) is 21.1. The molecule has 0 bridgehead atoms. The van der Waals surface area contributed by atoms with Crippen LogP contribution in [0.15, 0.2) is 42.5 Å². The lowest BCUT2D eigenvalue weighted by molar-refractivity contribution is -0.385. The summed E-state index contributed by atoms with van der Waals surface area (Å²) in [7, 11) is 0. The zero-order valence-electron chi connectivity index (χ0n) is 10.6. The number of nitrogens with zero attached hydrogens (tertiary/aromatic N) is 2. The van der Waals surface area contributed by atoms with E-state index in [1.807, 2.05) is 6.07 Å². The van der Waals surface area contributed by atoms with E-state index in [0.717, 1.165) is 6.07 Å². The molecule has 0 saturated carbocycles. The summed E-state index contributed by atoms with van der Waals surface area (Å²) < 4.78 is 0. The summed E-state index contributed by atoms with van der Waals surface area (Å²) >= 11 is 0. The third-order valence-corrected chi connectivity index (χ3v) is 2.70. The number of nitrogens with one attached hydrogen (secondary N) is 1. The lowest BCUT2D eigenvalue weighted by Gasteiger charge is -2.07. The van der Waals surface area contributed by atoms with Gasteiger partial charge in [-0.15, -0.1) is 0 Å². The fraction of sp³-hybridized carbons (Fsp3) is 0. The van der Waals surface area contributed by atoms with Gasteiger partial charge in [-0.3, -0.25) is 10.1 Å². The van der Waals surface area contributed by atoms with Gasteiger partial charge in [-0.05, 0) is 30.3 Å². The maximum Gasteiger partial charge on any atom is 0.342 e. The molecule has 0 aromatic heterocycles. The van der Waals surface area contributed by atoms with Crippen molar-refractivity contribution in [2.75, 3.05) is 5.32 Å². The molecule has 0 amide bonds. The molecule has 0 aliphatic carbocycles. The molecule has 7 heteroatoms. The number of nitriles is 1. The Morgan fingerprint density at radius 1 is 1.24 bits per heavy atom. The minimum Gasteiger partial charge on any atom is -0.477 e. The third-order valence-electron chi connectivity index (χ3n) is 2.70. The van der Waals surface area contributed by atoms with Gasteiger partial charge in [0.2, 0.25) is 0 Å². The number of rotatable bonds is 4. The van der Waals surface area contributed by atoms with Crippen LogP contribution in [0.2, 0.25) is 0 Å². The first kappa shape index (κ1) is 14.0. The number of anilines is 2. The van der Waals surface area contributed by atoms with E-state index in [1.54, 1.807) is 24.3 Å². The van der Waals surface area contributed by atoms with Gasteiger partial charge in [0.25, 0.3) is 5.69 Å². The number of aromatic carboxylic acids is 1. The molecule has 2 N–H and O–H groups in total. The molecular weight excluding hydrogens is 274 g/mol. The fourth-order valence-corrected chi connectivity index (χ4v) is 1.78. The average Bonchev–Trinajstić information content (AvgIpc) is 2.47. The molecule has 0 atom stereocenters. The third kappa shape index (κ3) is 3.13. The summed E-state index contributed by atoms with van der Waals surface area (Å²) in [5.41, 5.74) is 0.535. The molecule has 21 heavy (non-hydrogen) atoms. The Hall–Kier alpha value is -3.40. The topological polar surface area (TPSA) is 116 Å². The highest BCUT2D eigenvalue weighted by molar-refractivity contribution is 5.93. The van der Waals surface area contributed by atoms with Crippen LogP contribution in [0, 0.1) is 21.4 Å². The van der Waals surface area contributed by atoms with Crippen molar-refractivity contribution in [2.45, 2.75) is 0 Å². The average molecular weight is 283 g/mol. The summed E-state index contributed by atoms with van der Waals surface area (Å²) in [6.45, 7) is 0. The maximum absolute atomic E-state index is 11.1. The molecule has 7 nitrogen and oxygen atoms in total. The molecular formula is C14H9N3O4. The Morgan fingerprint density at radius 3 is 2.57 bits per heavy atom. The van der Waals surface area contributed by atoms with Crippen molar-refractivity contribution < 1.29 is 14.8 Å². The second-order valence-electron chi connectivity index (χ2n) is 4.11. The molecule has 0 saturated heterocycles. The van der Waals surface area contributed by atoms with E-state index in [1.165, 1.54) is 12.1 Å². The zero-order valence-corrected chi connectivity index (χ0v) is 10.6. The molecule has 104 valence electrons. The summed E-state index contributed by atoms with van der Waals surface area (Å²) in [6, 6.07) is 12.3. The molecule has 2 aromatic rings. The number of nitro benzene ring substituents is 1. The molecule has 0 aliphatic heterocycles. The smallest absolute Gasteiger partial charge is 0.342 e. The normalized spacial score (nSPS) is 9.67. The second kappa shape index (κ2) is 5.71. The van der Waals surface area contributed by atoms with Crippen molar-refractivity contribution in [2.24, 2.45) is 0 Å². The maximum atomic E-state index is 11.1. The number of hydrogen-bond acceptors (Lipinski definition) is 5. The number of carboxylic acids is 1. The van der Waals surface area contributed by atoms with E-state index in [9.17, 15) is 14.9 Å². The van der Waals surface area contributed by atoms with E-state index in [-0.39, 0.29) is 0 Å². The summed E-state index contributed by atoms with van der Waals surface area (Å²) in [6.07, 6.45) is 0. The van der Waals surface area contributed by atoms with Crippen LogP contribution in [0.3, 0.4) is 0 Å². The first-order valence-corrected chi connectivity index (χ1v) is 5.80. The van der Waals surface area contributed by atoms with E-state index in [0.29, 0.717) is 16.9 Å². The first-order chi connectivity index (χ1) is 10.0. The molecule has 0 heterocycles. The van der Waals surface area contributed by atoms with Gasteiger partial charge in [-0.2, -0.15) is 5.26 Å². The summed E-state index contributed by atoms with van der Waals surface area (Å²) in [5, 5.41) is 31.5. The van der Waals surface area contributed by atoms with Crippen molar-refractivity contribution in [3.63, 3.8) is 0 Å². The molecule has 0 spiro atoms. The van der Waals surface area contributed by atoms with Gasteiger partial charge >= 0.3 is 5.97 Å². The van der Waals surface area contributed by atoms with Crippen LogP contribution in [0.1, 0.15) is 15.9 Å². The highest BCUT2D eigenvalue weighted by Crippen LogP contribution is 2.25. The van der Waals surface area contributed by atoms with Crippen LogP contribution in [-0.4, -0.2) is 16.0 Å². The van der Waals surface area contributed by atoms with Gasteiger partial charge in [0.1, 0.15) is 5.56 Å². The van der Waals surface area contributed by atoms with Crippen LogP contribution >= 0.6 is 0 Å². The lowest BCUT2D eigenvalue weighted by Crippen LogP contribution is -2.03. The number of hydrogen-bond donors (Lipinski definition) is 2. The first-order valence-electron chi connectivity index (χ1n) is 5.80. The molecule has 0 aliphatic rings. The summed E-state index contributed by atoms with van der Waals surface area (Å²) in [5.74, 6) is -1.38. The van der Waals surface area contributed by atoms with E-state index >= 15 is 0 Å². The molecule has 0 fully saturated rings. The van der Waals surface area contributed by atoms with Crippen LogP contribution in [-0.2, 0) is 0 Å². The van der Waals surface area contributed by atoms with Crippen molar-refractivity contribution >= 4 is 23.0 Å². The van der Waals surface area contributed by atoms with Crippen molar-refractivity contribution in [1.82, 2.24) is 0 Å². The minimum absolute atomic E-state index is 0.382. The highest BCUT2D eigenvalue weighted by Gasteiger charge is 2.19. The number of carbonyl (C=O) groups is 1. The molecule has 0 radical (unpaired) electrons. The van der Waals surface area contributed by atoms with Gasteiger partial charge < -0.3 is 10.4 Å². The largest absolute Gasteiger partial charge is 0.477 e. The highest BCUT2D eigenvalue weighted by atomic mass is 16.6. The minimum atomic E-state index is -1.38. The Labute approximate surface area is 119 Å². The molecule has 2 aromatic carbocycles. The van der Waals surface area contributed by atoms with Crippen LogP contribution < -0.4 is 5.32 Å². The standard InChI is InChI=1S/C14H9N3O4/c15-8-9-2-1-3-10(6-9)16-11-4-5-13(17(20)21)12(7-11)14(18)19/h1-7,16H,(H,18,19). The zero-order chi connectivity index (χ0) is 15.4. The van der Waals surface area contributed by atoms with E-state index in [2.05, 4.69) is 5.32 Å². The second-order valence-corrected chi connectivity index (χ2v) is 4.11. The van der Waals surface area contributed by atoms with E-state index < -0.39 is 22.1 Å². The van der Waals surface area contributed by atoms with Crippen LogP contribution in [0.5, 0.6) is 0 Å². The monoisotopic (exact) mass is 283 g/mol. The van der Waals surface area contributed by atoms with Crippen molar-refractivity contribution in [3.8, 4) is 6.07 Å². The number of nitro groups is 1.